The van der Waals surface area contributed by atoms with E-state index in [9.17, 15) is 0 Å². The second-order valence-corrected chi connectivity index (χ2v) is 6.89. The molecule has 2 aliphatic heterocycles. The molecule has 1 nitrogen and oxygen atoms in total. The second kappa shape index (κ2) is 4.08. The molecule has 0 saturated carbocycles. The first-order chi connectivity index (χ1) is 11.4. The summed E-state index contributed by atoms with van der Waals surface area (Å²) in [5.74, 6) is 0. The Kier molecular flexibility index (Phi) is 2.13. The molecule has 0 fully saturated rings. The lowest BCUT2D eigenvalue weighted by atomic mass is 9.34. The van der Waals surface area contributed by atoms with Crippen LogP contribution in [0, 0.1) is 0 Å². The van der Waals surface area contributed by atoms with E-state index in [1.54, 1.807) is 11.0 Å². The summed E-state index contributed by atoms with van der Waals surface area (Å²) in [6.07, 6.45) is 3.81. The number of aryl methyl sites for hydroxylation is 1. The highest BCUT2D eigenvalue weighted by atomic mass is 15.0. The number of benzene rings is 3. The lowest BCUT2D eigenvalue weighted by Gasteiger charge is -2.31. The van der Waals surface area contributed by atoms with E-state index in [1.807, 2.05) is 0 Å². The summed E-state index contributed by atoms with van der Waals surface area (Å²) < 4.78 is 2.51. The molecule has 2 heteroatoms. The van der Waals surface area contributed by atoms with Gasteiger partial charge in [0.15, 0.2) is 0 Å². The van der Waals surface area contributed by atoms with Crippen molar-refractivity contribution in [3.63, 3.8) is 0 Å². The minimum Gasteiger partial charge on any atom is -0.310 e. The molecule has 0 bridgehead atoms. The molecule has 6 rings (SSSR count). The van der Waals surface area contributed by atoms with Gasteiger partial charge in [-0.25, -0.2) is 0 Å². The molecule has 0 atom stereocenters. The van der Waals surface area contributed by atoms with Crippen molar-refractivity contribution in [3.05, 3.63) is 66.2 Å². The van der Waals surface area contributed by atoms with Crippen LogP contribution in [0.5, 0.6) is 0 Å². The van der Waals surface area contributed by atoms with Crippen molar-refractivity contribution < 1.29 is 0 Å². The predicted octanol–water partition coefficient (Wildman–Crippen LogP) is 3.65. The van der Waals surface area contributed by atoms with Crippen LogP contribution in [0.1, 0.15) is 12.0 Å². The van der Waals surface area contributed by atoms with Gasteiger partial charge in [0.05, 0.1) is 5.52 Å². The molecule has 23 heavy (non-hydrogen) atoms. The summed E-state index contributed by atoms with van der Waals surface area (Å²) in [7, 11) is 0. The Hall–Kier alpha value is -2.48. The molecule has 1 aromatic heterocycles. The maximum absolute atomic E-state index is 2.51. The maximum atomic E-state index is 2.51. The lowest BCUT2D eigenvalue weighted by molar-refractivity contribution is 0.897. The third kappa shape index (κ3) is 1.35. The lowest BCUT2D eigenvalue weighted by Crippen LogP contribution is -2.51. The van der Waals surface area contributed by atoms with Gasteiger partial charge in [-0.1, -0.05) is 66.8 Å². The van der Waals surface area contributed by atoms with Gasteiger partial charge in [-0.3, -0.25) is 0 Å². The number of aromatic nitrogens is 1. The van der Waals surface area contributed by atoms with E-state index in [4.69, 9.17) is 0 Å². The molecule has 0 aliphatic carbocycles. The van der Waals surface area contributed by atoms with E-state index in [0.29, 0.717) is 6.71 Å². The number of nitrogens with zero attached hydrogens (tertiary/aromatic N) is 1. The first-order valence-electron chi connectivity index (χ1n) is 8.58. The zero-order valence-corrected chi connectivity index (χ0v) is 12.9. The van der Waals surface area contributed by atoms with E-state index in [1.165, 1.54) is 52.1 Å². The van der Waals surface area contributed by atoms with Crippen LogP contribution in [0.15, 0.2) is 60.7 Å². The largest absolute Gasteiger partial charge is 0.310 e. The van der Waals surface area contributed by atoms with E-state index < -0.39 is 0 Å². The number of hydrogen-bond donors (Lipinski definition) is 0. The van der Waals surface area contributed by atoms with E-state index >= 15 is 0 Å². The summed E-state index contributed by atoms with van der Waals surface area (Å²) in [5, 5.41) is 2.78. The smallest absolute Gasteiger partial charge is 0.215 e. The van der Waals surface area contributed by atoms with Crippen LogP contribution in [0.3, 0.4) is 0 Å². The van der Waals surface area contributed by atoms with Crippen molar-refractivity contribution in [2.45, 2.75) is 19.2 Å². The van der Waals surface area contributed by atoms with E-state index in [-0.39, 0.29) is 0 Å². The molecule has 2 aliphatic rings. The Morgan fingerprint density at radius 3 is 2.70 bits per heavy atom. The Labute approximate surface area is 135 Å². The van der Waals surface area contributed by atoms with Crippen molar-refractivity contribution in [3.8, 4) is 5.69 Å². The highest BCUT2D eigenvalue weighted by Gasteiger charge is 2.35. The fraction of sp³-hybridized carbons (Fsp3) is 0.143. The van der Waals surface area contributed by atoms with Crippen molar-refractivity contribution in [2.24, 2.45) is 0 Å². The first-order valence-corrected chi connectivity index (χ1v) is 8.58. The fourth-order valence-corrected chi connectivity index (χ4v) is 4.94. The average Bonchev–Trinajstić information content (AvgIpc) is 2.95. The molecule has 3 heterocycles. The van der Waals surface area contributed by atoms with Crippen LogP contribution in [-0.4, -0.2) is 11.3 Å². The van der Waals surface area contributed by atoms with Gasteiger partial charge < -0.3 is 4.57 Å². The molecule has 0 unspecified atom stereocenters. The maximum Gasteiger partial charge on any atom is 0.215 e. The Morgan fingerprint density at radius 2 is 1.70 bits per heavy atom. The number of fused-ring (bicyclic) bond motifs is 5. The Balaban J connectivity index is 1.92. The monoisotopic (exact) mass is 293 g/mol. The van der Waals surface area contributed by atoms with Crippen LogP contribution < -0.4 is 10.9 Å². The zero-order valence-electron chi connectivity index (χ0n) is 12.9. The standard InChI is InChI=1S/C21H16BN/c1-2-11-18-15(8-1)16-9-4-10-17-21(16)23(18)19-12-3-6-14-7-5-13-22(17)20(14)19/h1-4,6,8-12H,5,7,13H2. The second-order valence-electron chi connectivity index (χ2n) is 6.89. The topological polar surface area (TPSA) is 4.93 Å². The Bertz CT molecular complexity index is 1110. The van der Waals surface area contributed by atoms with Gasteiger partial charge in [-0.2, -0.15) is 0 Å². The molecular weight excluding hydrogens is 277 g/mol. The third-order valence-corrected chi connectivity index (χ3v) is 5.80. The van der Waals surface area contributed by atoms with Crippen molar-refractivity contribution in [2.75, 3.05) is 0 Å². The van der Waals surface area contributed by atoms with Gasteiger partial charge in [-0.05, 0) is 29.5 Å². The van der Waals surface area contributed by atoms with Crippen molar-refractivity contribution >= 4 is 39.4 Å². The van der Waals surface area contributed by atoms with Crippen LogP contribution in [0.4, 0.5) is 0 Å². The van der Waals surface area contributed by atoms with Crippen LogP contribution in [0.25, 0.3) is 27.5 Å². The quantitative estimate of drug-likeness (QED) is 0.436. The highest BCUT2D eigenvalue weighted by molar-refractivity contribution is 6.88. The summed E-state index contributed by atoms with van der Waals surface area (Å²) in [6.45, 7) is 0.579. The molecule has 0 N–H and O–H groups in total. The summed E-state index contributed by atoms with van der Waals surface area (Å²) in [4.78, 5) is 0. The van der Waals surface area contributed by atoms with Crippen LogP contribution >= 0.6 is 0 Å². The summed E-state index contributed by atoms with van der Waals surface area (Å²) in [5.41, 5.74) is 8.85. The molecule has 108 valence electrons. The Morgan fingerprint density at radius 1 is 0.826 bits per heavy atom. The van der Waals surface area contributed by atoms with Gasteiger partial charge in [0, 0.05) is 22.0 Å². The first kappa shape index (κ1) is 12.0. The van der Waals surface area contributed by atoms with Crippen LogP contribution in [-0.2, 0) is 6.42 Å². The molecule has 0 saturated heterocycles. The minimum atomic E-state index is 0.579. The minimum absolute atomic E-state index is 0.579. The summed E-state index contributed by atoms with van der Waals surface area (Å²) in [6, 6.07) is 22.6. The molecular formula is C21H16BN. The van der Waals surface area contributed by atoms with Gasteiger partial charge in [0.1, 0.15) is 0 Å². The molecule has 3 aromatic carbocycles. The predicted molar refractivity (Wildman–Crippen MR) is 98.9 cm³/mol. The molecule has 0 amide bonds. The van der Waals surface area contributed by atoms with Crippen molar-refractivity contribution in [1.29, 1.82) is 0 Å². The number of para-hydroxylation sites is 2. The van der Waals surface area contributed by atoms with Gasteiger partial charge in [0.2, 0.25) is 6.71 Å². The number of hydrogen-bond acceptors (Lipinski definition) is 0. The normalized spacial score (nSPS) is 15.2. The fourth-order valence-electron chi connectivity index (χ4n) is 4.94. The third-order valence-electron chi connectivity index (χ3n) is 5.80. The van der Waals surface area contributed by atoms with E-state index in [0.717, 1.165) is 0 Å². The molecule has 0 radical (unpaired) electrons. The highest BCUT2D eigenvalue weighted by Crippen LogP contribution is 2.34. The average molecular weight is 293 g/mol. The van der Waals surface area contributed by atoms with Crippen LogP contribution in [0.2, 0.25) is 6.32 Å². The molecule has 0 spiro atoms. The van der Waals surface area contributed by atoms with Crippen molar-refractivity contribution in [1.82, 2.24) is 4.57 Å². The zero-order chi connectivity index (χ0) is 15.0. The summed E-state index contributed by atoms with van der Waals surface area (Å²) >= 11 is 0. The van der Waals surface area contributed by atoms with Gasteiger partial charge in [0.25, 0.3) is 0 Å². The van der Waals surface area contributed by atoms with Gasteiger partial charge >= 0.3 is 0 Å². The SMILES string of the molecule is c1cc2c3c(c1)-n1c4ccccc4c4cccc(c41)B3CCC2. The molecule has 4 aromatic rings. The van der Waals surface area contributed by atoms with E-state index in [2.05, 4.69) is 65.2 Å². The number of rotatable bonds is 0. The van der Waals surface area contributed by atoms with Gasteiger partial charge in [-0.15, -0.1) is 0 Å².